The van der Waals surface area contributed by atoms with Crippen LogP contribution in [0.1, 0.15) is 43.7 Å². The van der Waals surface area contributed by atoms with Gasteiger partial charge in [0, 0.05) is 19.3 Å². The van der Waals surface area contributed by atoms with Crippen LogP contribution in [0.5, 0.6) is 0 Å². The minimum absolute atomic E-state index is 0.164. The van der Waals surface area contributed by atoms with E-state index < -0.39 is 12.0 Å². The van der Waals surface area contributed by atoms with E-state index in [0.717, 1.165) is 0 Å². The van der Waals surface area contributed by atoms with E-state index in [-0.39, 0.29) is 11.9 Å². The van der Waals surface area contributed by atoms with Gasteiger partial charge in [-0.25, -0.2) is 4.79 Å². The van der Waals surface area contributed by atoms with E-state index in [1.165, 1.54) is 11.9 Å². The Morgan fingerprint density at radius 3 is 2.50 bits per heavy atom. The Morgan fingerprint density at radius 2 is 2.06 bits per heavy atom. The smallest absolute Gasteiger partial charge is 0.326 e. The molecule has 100 valence electrons. The second-order valence-electron chi connectivity index (χ2n) is 4.57. The van der Waals surface area contributed by atoms with Crippen LogP contribution in [0.2, 0.25) is 0 Å². The van der Waals surface area contributed by atoms with Crippen LogP contribution < -0.4 is 0 Å². The quantitative estimate of drug-likeness (QED) is 0.871. The van der Waals surface area contributed by atoms with Crippen molar-refractivity contribution in [2.24, 2.45) is 0 Å². The van der Waals surface area contributed by atoms with Crippen molar-refractivity contribution in [1.82, 2.24) is 9.47 Å². The van der Waals surface area contributed by atoms with Gasteiger partial charge in [0.1, 0.15) is 11.7 Å². The highest BCUT2D eigenvalue weighted by molar-refractivity contribution is 5.95. The first kappa shape index (κ1) is 14.3. The Labute approximate surface area is 107 Å². The summed E-state index contributed by atoms with van der Waals surface area (Å²) in [6.07, 6.45) is 2.22. The number of hydrogen-bond acceptors (Lipinski definition) is 2. The van der Waals surface area contributed by atoms with Crippen molar-refractivity contribution < 1.29 is 14.7 Å². The van der Waals surface area contributed by atoms with Gasteiger partial charge in [-0.3, -0.25) is 4.79 Å². The van der Waals surface area contributed by atoms with Gasteiger partial charge in [0.2, 0.25) is 0 Å². The molecule has 0 aromatic carbocycles. The summed E-state index contributed by atoms with van der Waals surface area (Å²) >= 11 is 0. The zero-order valence-corrected chi connectivity index (χ0v) is 11.3. The molecule has 1 atom stereocenters. The van der Waals surface area contributed by atoms with Gasteiger partial charge in [0.05, 0.1) is 0 Å². The molecule has 0 aliphatic carbocycles. The third-order valence-corrected chi connectivity index (χ3v) is 3.01. The van der Waals surface area contributed by atoms with Gasteiger partial charge in [-0.15, -0.1) is 0 Å². The standard InChI is InChI=1S/C13H20N2O3/c1-5-10(13(17)18)14(4)12(16)11-7-6-8-15(11)9(2)3/h6-10H,5H2,1-4H3,(H,17,18). The van der Waals surface area contributed by atoms with Crippen molar-refractivity contribution in [1.29, 1.82) is 0 Å². The van der Waals surface area contributed by atoms with Crippen LogP contribution >= 0.6 is 0 Å². The van der Waals surface area contributed by atoms with E-state index in [1.54, 1.807) is 19.1 Å². The molecule has 1 amide bonds. The van der Waals surface area contributed by atoms with Crippen LogP contribution in [-0.2, 0) is 4.79 Å². The van der Waals surface area contributed by atoms with Gasteiger partial charge < -0.3 is 14.6 Å². The Kier molecular flexibility index (Phi) is 4.53. The molecule has 0 spiro atoms. The number of amides is 1. The van der Waals surface area contributed by atoms with Crippen molar-refractivity contribution in [3.8, 4) is 0 Å². The van der Waals surface area contributed by atoms with Crippen LogP contribution in [0.3, 0.4) is 0 Å². The fourth-order valence-corrected chi connectivity index (χ4v) is 1.96. The lowest BCUT2D eigenvalue weighted by Gasteiger charge is -2.25. The van der Waals surface area contributed by atoms with Crippen LogP contribution in [0.15, 0.2) is 18.3 Å². The normalized spacial score (nSPS) is 12.5. The molecular formula is C13H20N2O3. The number of hydrogen-bond donors (Lipinski definition) is 1. The van der Waals surface area contributed by atoms with Crippen LogP contribution in [0.25, 0.3) is 0 Å². The maximum absolute atomic E-state index is 12.3. The molecule has 1 heterocycles. The second-order valence-corrected chi connectivity index (χ2v) is 4.57. The van der Waals surface area contributed by atoms with Crippen LogP contribution in [-0.4, -0.2) is 39.5 Å². The lowest BCUT2D eigenvalue weighted by atomic mass is 10.2. The largest absolute Gasteiger partial charge is 0.480 e. The van der Waals surface area contributed by atoms with E-state index in [2.05, 4.69) is 0 Å². The zero-order valence-electron chi connectivity index (χ0n) is 11.3. The Bertz CT molecular complexity index is 437. The third-order valence-electron chi connectivity index (χ3n) is 3.01. The van der Waals surface area contributed by atoms with Gasteiger partial charge in [0.25, 0.3) is 5.91 Å². The van der Waals surface area contributed by atoms with E-state index in [4.69, 9.17) is 5.11 Å². The zero-order chi connectivity index (χ0) is 13.9. The number of carbonyl (C=O) groups excluding carboxylic acids is 1. The molecule has 0 aliphatic heterocycles. The monoisotopic (exact) mass is 252 g/mol. The molecule has 5 heteroatoms. The third kappa shape index (κ3) is 2.72. The second kappa shape index (κ2) is 5.71. The molecule has 1 N–H and O–H groups in total. The molecule has 0 radical (unpaired) electrons. The molecule has 1 aromatic heterocycles. The maximum Gasteiger partial charge on any atom is 0.326 e. The minimum Gasteiger partial charge on any atom is -0.480 e. The highest BCUT2D eigenvalue weighted by atomic mass is 16.4. The van der Waals surface area contributed by atoms with Crippen molar-refractivity contribution in [3.63, 3.8) is 0 Å². The average Bonchev–Trinajstić information content (AvgIpc) is 2.77. The highest BCUT2D eigenvalue weighted by Crippen LogP contribution is 2.14. The summed E-state index contributed by atoms with van der Waals surface area (Å²) in [7, 11) is 1.53. The number of carbonyl (C=O) groups is 2. The molecule has 18 heavy (non-hydrogen) atoms. The topological polar surface area (TPSA) is 62.5 Å². The average molecular weight is 252 g/mol. The SMILES string of the molecule is CCC(C(=O)O)N(C)C(=O)c1cccn1C(C)C. The number of carboxylic acids is 1. The summed E-state index contributed by atoms with van der Waals surface area (Å²) in [6.45, 7) is 5.71. The number of nitrogens with zero attached hydrogens (tertiary/aromatic N) is 2. The first-order valence-electron chi connectivity index (χ1n) is 6.06. The predicted molar refractivity (Wildman–Crippen MR) is 68.6 cm³/mol. The van der Waals surface area contributed by atoms with E-state index >= 15 is 0 Å². The van der Waals surface area contributed by atoms with Gasteiger partial charge in [-0.2, -0.15) is 0 Å². The fourth-order valence-electron chi connectivity index (χ4n) is 1.96. The van der Waals surface area contributed by atoms with Crippen molar-refractivity contribution in [2.45, 2.75) is 39.3 Å². The molecule has 0 aliphatic rings. The first-order valence-corrected chi connectivity index (χ1v) is 6.06. The lowest BCUT2D eigenvalue weighted by molar-refractivity contribution is -0.142. The number of aliphatic carboxylic acids is 1. The Morgan fingerprint density at radius 1 is 1.44 bits per heavy atom. The van der Waals surface area contributed by atoms with Crippen molar-refractivity contribution in [2.75, 3.05) is 7.05 Å². The van der Waals surface area contributed by atoms with Gasteiger partial charge in [-0.1, -0.05) is 6.92 Å². The predicted octanol–water partition coefficient (Wildman–Crippen LogP) is 2.00. The highest BCUT2D eigenvalue weighted by Gasteiger charge is 2.27. The molecule has 1 rings (SSSR count). The number of carboxylic acid groups (broad SMARTS) is 1. The summed E-state index contributed by atoms with van der Waals surface area (Å²) in [5.41, 5.74) is 0.521. The lowest BCUT2D eigenvalue weighted by Crippen LogP contribution is -2.42. The number of rotatable bonds is 5. The summed E-state index contributed by atoms with van der Waals surface area (Å²) in [4.78, 5) is 24.6. The fraction of sp³-hybridized carbons (Fsp3) is 0.538. The summed E-state index contributed by atoms with van der Waals surface area (Å²) < 4.78 is 1.84. The molecular weight excluding hydrogens is 232 g/mol. The molecule has 0 fully saturated rings. The summed E-state index contributed by atoms with van der Waals surface area (Å²) in [5, 5.41) is 9.07. The molecule has 5 nitrogen and oxygen atoms in total. The van der Waals surface area contributed by atoms with Crippen molar-refractivity contribution in [3.05, 3.63) is 24.0 Å². The van der Waals surface area contributed by atoms with Crippen LogP contribution in [0, 0.1) is 0 Å². The van der Waals surface area contributed by atoms with Gasteiger partial charge >= 0.3 is 5.97 Å². The van der Waals surface area contributed by atoms with Crippen LogP contribution in [0.4, 0.5) is 0 Å². The summed E-state index contributed by atoms with van der Waals surface area (Å²) in [5.74, 6) is -1.24. The first-order chi connectivity index (χ1) is 8.40. The minimum atomic E-state index is -0.976. The molecule has 0 saturated heterocycles. The Balaban J connectivity index is 2.99. The van der Waals surface area contributed by atoms with E-state index in [0.29, 0.717) is 12.1 Å². The molecule has 0 bridgehead atoms. The van der Waals surface area contributed by atoms with E-state index in [9.17, 15) is 9.59 Å². The van der Waals surface area contributed by atoms with Gasteiger partial charge in [0.15, 0.2) is 0 Å². The molecule has 1 aromatic rings. The van der Waals surface area contributed by atoms with Gasteiger partial charge in [-0.05, 0) is 32.4 Å². The summed E-state index contributed by atoms with van der Waals surface area (Å²) in [6, 6.07) is 2.89. The molecule has 1 unspecified atom stereocenters. The molecule has 0 saturated carbocycles. The maximum atomic E-state index is 12.3. The Hall–Kier alpha value is -1.78. The van der Waals surface area contributed by atoms with Crippen molar-refractivity contribution >= 4 is 11.9 Å². The number of aromatic nitrogens is 1. The van der Waals surface area contributed by atoms with E-state index in [1.807, 2.05) is 24.6 Å². The number of likely N-dealkylation sites (N-methyl/N-ethyl adjacent to an activating group) is 1.